The molecular formula is C20H18BrNO5. The van der Waals surface area contributed by atoms with Gasteiger partial charge >= 0.3 is 5.97 Å². The van der Waals surface area contributed by atoms with Crippen molar-refractivity contribution in [3.63, 3.8) is 0 Å². The smallest absolute Gasteiger partial charge is 0.355 e. The number of hydrogen-bond donors (Lipinski definition) is 1. The highest BCUT2D eigenvalue weighted by atomic mass is 79.9. The maximum absolute atomic E-state index is 12.5. The molecule has 0 radical (unpaired) electrons. The number of hydrogen-bond acceptors (Lipinski definition) is 5. The molecule has 0 unspecified atom stereocenters. The minimum Gasteiger partial charge on any atom is -0.458 e. The van der Waals surface area contributed by atoms with E-state index in [0.717, 1.165) is 4.47 Å². The molecule has 2 aromatic rings. The second-order valence-corrected chi connectivity index (χ2v) is 7.00. The zero-order valence-corrected chi connectivity index (χ0v) is 16.4. The van der Waals surface area contributed by atoms with Gasteiger partial charge in [0, 0.05) is 10.0 Å². The SMILES string of the molecule is CC(C)OC(=O)C(=Cc1ccc2c(c1)OCO2)NC(=O)c1ccc(Br)cc1. The maximum atomic E-state index is 12.5. The lowest BCUT2D eigenvalue weighted by atomic mass is 10.1. The Morgan fingerprint density at radius 1 is 1.11 bits per heavy atom. The zero-order chi connectivity index (χ0) is 19.4. The molecule has 27 heavy (non-hydrogen) atoms. The number of rotatable bonds is 5. The molecule has 1 amide bonds. The molecule has 1 aliphatic rings. The average molecular weight is 432 g/mol. The Morgan fingerprint density at radius 2 is 1.81 bits per heavy atom. The van der Waals surface area contributed by atoms with Gasteiger partial charge in [-0.25, -0.2) is 4.79 Å². The van der Waals surface area contributed by atoms with Crippen LogP contribution < -0.4 is 14.8 Å². The predicted molar refractivity (Wildman–Crippen MR) is 103 cm³/mol. The summed E-state index contributed by atoms with van der Waals surface area (Å²) >= 11 is 3.33. The summed E-state index contributed by atoms with van der Waals surface area (Å²) in [5.74, 6) is 0.195. The summed E-state index contributed by atoms with van der Waals surface area (Å²) in [7, 11) is 0. The van der Waals surface area contributed by atoms with E-state index in [1.807, 2.05) is 0 Å². The lowest BCUT2D eigenvalue weighted by molar-refractivity contribution is -0.142. The van der Waals surface area contributed by atoms with E-state index in [0.29, 0.717) is 22.6 Å². The van der Waals surface area contributed by atoms with Crippen LogP contribution in [0.4, 0.5) is 0 Å². The molecule has 0 aliphatic carbocycles. The zero-order valence-electron chi connectivity index (χ0n) is 14.8. The third-order valence-corrected chi connectivity index (χ3v) is 4.15. The fourth-order valence-electron chi connectivity index (χ4n) is 2.39. The second kappa shape index (κ2) is 8.26. The molecule has 0 atom stereocenters. The Hall–Kier alpha value is -2.80. The van der Waals surface area contributed by atoms with E-state index in [4.69, 9.17) is 14.2 Å². The highest BCUT2D eigenvalue weighted by Crippen LogP contribution is 2.33. The lowest BCUT2D eigenvalue weighted by Gasteiger charge is -2.13. The quantitative estimate of drug-likeness (QED) is 0.573. The van der Waals surface area contributed by atoms with Gasteiger partial charge in [0.2, 0.25) is 6.79 Å². The first-order valence-electron chi connectivity index (χ1n) is 8.31. The first kappa shape index (κ1) is 19.0. The van der Waals surface area contributed by atoms with Crippen LogP contribution in [0.1, 0.15) is 29.8 Å². The third kappa shape index (κ3) is 4.89. The van der Waals surface area contributed by atoms with Crippen molar-refractivity contribution in [2.45, 2.75) is 20.0 Å². The molecular weight excluding hydrogens is 414 g/mol. The number of carbonyl (C=O) groups excluding carboxylic acids is 2. The normalized spacial score (nSPS) is 12.8. The number of carbonyl (C=O) groups is 2. The largest absolute Gasteiger partial charge is 0.458 e. The van der Waals surface area contributed by atoms with Crippen LogP contribution in [-0.4, -0.2) is 24.8 Å². The Kier molecular flexibility index (Phi) is 5.81. The van der Waals surface area contributed by atoms with Crippen LogP contribution in [0.5, 0.6) is 11.5 Å². The van der Waals surface area contributed by atoms with Crippen molar-refractivity contribution in [1.82, 2.24) is 5.32 Å². The molecule has 0 bridgehead atoms. The van der Waals surface area contributed by atoms with Gasteiger partial charge in [-0.2, -0.15) is 0 Å². The highest BCUT2D eigenvalue weighted by Gasteiger charge is 2.18. The minimum atomic E-state index is -0.617. The Labute approximate surface area is 165 Å². The maximum Gasteiger partial charge on any atom is 0.355 e. The summed E-state index contributed by atoms with van der Waals surface area (Å²) in [5, 5.41) is 2.63. The van der Waals surface area contributed by atoms with Gasteiger partial charge in [-0.15, -0.1) is 0 Å². The van der Waals surface area contributed by atoms with Gasteiger partial charge in [0.1, 0.15) is 5.70 Å². The molecule has 2 aromatic carbocycles. The van der Waals surface area contributed by atoms with E-state index in [1.54, 1.807) is 62.4 Å². The van der Waals surface area contributed by atoms with Gasteiger partial charge in [-0.3, -0.25) is 4.79 Å². The van der Waals surface area contributed by atoms with Crippen molar-refractivity contribution in [1.29, 1.82) is 0 Å². The van der Waals surface area contributed by atoms with E-state index in [1.165, 1.54) is 0 Å². The number of benzene rings is 2. The van der Waals surface area contributed by atoms with Crippen LogP contribution in [0.15, 0.2) is 52.6 Å². The van der Waals surface area contributed by atoms with Crippen LogP contribution >= 0.6 is 15.9 Å². The molecule has 0 fully saturated rings. The van der Waals surface area contributed by atoms with E-state index in [-0.39, 0.29) is 18.6 Å². The molecule has 1 N–H and O–H groups in total. The third-order valence-electron chi connectivity index (χ3n) is 3.62. The molecule has 0 aromatic heterocycles. The van der Waals surface area contributed by atoms with Gasteiger partial charge in [0.05, 0.1) is 6.10 Å². The number of fused-ring (bicyclic) bond motifs is 1. The van der Waals surface area contributed by atoms with Crippen LogP contribution in [0.25, 0.3) is 6.08 Å². The molecule has 3 rings (SSSR count). The van der Waals surface area contributed by atoms with Gasteiger partial charge in [0.15, 0.2) is 11.5 Å². The van der Waals surface area contributed by atoms with E-state index in [9.17, 15) is 9.59 Å². The summed E-state index contributed by atoms with van der Waals surface area (Å²) < 4.78 is 16.7. The number of ether oxygens (including phenoxy) is 3. The van der Waals surface area contributed by atoms with Crippen LogP contribution in [-0.2, 0) is 9.53 Å². The van der Waals surface area contributed by atoms with Crippen molar-refractivity contribution in [2.24, 2.45) is 0 Å². The van der Waals surface area contributed by atoms with Crippen LogP contribution in [0.2, 0.25) is 0 Å². The van der Waals surface area contributed by atoms with Gasteiger partial charge in [-0.1, -0.05) is 22.0 Å². The van der Waals surface area contributed by atoms with Gasteiger partial charge in [0.25, 0.3) is 5.91 Å². The van der Waals surface area contributed by atoms with Crippen LogP contribution in [0, 0.1) is 0 Å². The van der Waals surface area contributed by atoms with Crippen molar-refractivity contribution >= 4 is 33.9 Å². The lowest BCUT2D eigenvalue weighted by Crippen LogP contribution is -2.29. The van der Waals surface area contributed by atoms with Crippen molar-refractivity contribution in [3.05, 3.63) is 63.8 Å². The summed E-state index contributed by atoms with van der Waals surface area (Å²) in [5.41, 5.74) is 1.13. The molecule has 7 heteroatoms. The summed E-state index contributed by atoms with van der Waals surface area (Å²) in [6.07, 6.45) is 1.23. The molecule has 1 aliphatic heterocycles. The molecule has 1 heterocycles. The topological polar surface area (TPSA) is 73.9 Å². The number of nitrogens with one attached hydrogen (secondary N) is 1. The number of amides is 1. The Balaban J connectivity index is 1.87. The summed E-state index contributed by atoms with van der Waals surface area (Å²) in [4.78, 5) is 25.0. The van der Waals surface area contributed by atoms with E-state index < -0.39 is 11.9 Å². The summed E-state index contributed by atoms with van der Waals surface area (Å²) in [6, 6.07) is 12.1. The molecule has 0 saturated heterocycles. The van der Waals surface area contributed by atoms with E-state index in [2.05, 4.69) is 21.2 Å². The number of esters is 1. The van der Waals surface area contributed by atoms with Crippen molar-refractivity contribution in [2.75, 3.05) is 6.79 Å². The fourth-order valence-corrected chi connectivity index (χ4v) is 2.65. The molecule has 0 spiro atoms. The van der Waals surface area contributed by atoms with Gasteiger partial charge < -0.3 is 19.5 Å². The summed E-state index contributed by atoms with van der Waals surface area (Å²) in [6.45, 7) is 3.64. The van der Waals surface area contributed by atoms with Gasteiger partial charge in [-0.05, 0) is 61.9 Å². The predicted octanol–water partition coefficient (Wildman–Crippen LogP) is 3.90. The van der Waals surface area contributed by atoms with Crippen LogP contribution in [0.3, 0.4) is 0 Å². The molecule has 140 valence electrons. The molecule has 0 saturated carbocycles. The standard InChI is InChI=1S/C20H18BrNO5/c1-12(2)27-20(24)16(22-19(23)14-4-6-15(21)7-5-14)9-13-3-8-17-18(10-13)26-11-25-17/h3-10,12H,11H2,1-2H3,(H,22,23). The Bertz CT molecular complexity index is 890. The Morgan fingerprint density at radius 3 is 2.52 bits per heavy atom. The fraction of sp³-hybridized carbons (Fsp3) is 0.200. The average Bonchev–Trinajstić information content (AvgIpc) is 3.08. The first-order valence-corrected chi connectivity index (χ1v) is 9.11. The first-order chi connectivity index (χ1) is 12.9. The van der Waals surface area contributed by atoms with Crippen molar-refractivity contribution < 1.29 is 23.8 Å². The highest BCUT2D eigenvalue weighted by molar-refractivity contribution is 9.10. The number of halogens is 1. The van der Waals surface area contributed by atoms with Crippen molar-refractivity contribution in [3.8, 4) is 11.5 Å². The minimum absolute atomic E-state index is 0.0375. The monoisotopic (exact) mass is 431 g/mol. The van der Waals surface area contributed by atoms with E-state index >= 15 is 0 Å². The second-order valence-electron chi connectivity index (χ2n) is 6.09. The molecule has 6 nitrogen and oxygen atoms in total.